The molecule has 3 nitrogen and oxygen atoms in total. The van der Waals surface area contributed by atoms with Crippen molar-refractivity contribution < 1.29 is 5.11 Å². The number of hydrogen-bond acceptors (Lipinski definition) is 3. The minimum absolute atomic E-state index is 0.419. The molecule has 1 rings (SSSR count). The maximum atomic E-state index is 10.2. The first-order valence-corrected chi connectivity index (χ1v) is 7.49. The lowest BCUT2D eigenvalue weighted by molar-refractivity contribution is 0.380. The van der Waals surface area contributed by atoms with Gasteiger partial charge < -0.3 is 14.9 Å². The van der Waals surface area contributed by atoms with Crippen LogP contribution in [0.3, 0.4) is 0 Å². The molecule has 0 spiro atoms. The molecule has 0 aliphatic carbocycles. The van der Waals surface area contributed by atoms with Gasteiger partial charge in [0.2, 0.25) is 0 Å². The van der Waals surface area contributed by atoms with E-state index in [1.54, 1.807) is 0 Å². The van der Waals surface area contributed by atoms with Crippen LogP contribution in [0.1, 0.15) is 49.3 Å². The maximum absolute atomic E-state index is 10.2. The SMILES string of the molecule is CCC[C@H](C)c1cc(CN(C)C)c(O)cc1CN(C)C. The third-order valence-corrected chi connectivity index (χ3v) is 3.57. The molecule has 0 saturated carbocycles. The Morgan fingerprint density at radius 1 is 1.00 bits per heavy atom. The van der Waals surface area contributed by atoms with Gasteiger partial charge in [-0.15, -0.1) is 0 Å². The molecular weight excluding hydrogens is 248 g/mol. The monoisotopic (exact) mass is 278 g/mol. The fourth-order valence-electron chi connectivity index (χ4n) is 2.69. The van der Waals surface area contributed by atoms with Crippen molar-refractivity contribution in [2.24, 2.45) is 0 Å². The molecule has 0 aromatic heterocycles. The van der Waals surface area contributed by atoms with Gasteiger partial charge in [0.25, 0.3) is 0 Å². The summed E-state index contributed by atoms with van der Waals surface area (Å²) in [5.74, 6) is 0.958. The number of nitrogens with zero attached hydrogens (tertiary/aromatic N) is 2. The molecule has 1 aromatic carbocycles. The Balaban J connectivity index is 3.18. The van der Waals surface area contributed by atoms with Gasteiger partial charge in [-0.05, 0) is 57.7 Å². The van der Waals surface area contributed by atoms with E-state index in [0.29, 0.717) is 11.7 Å². The molecule has 0 bridgehead atoms. The summed E-state index contributed by atoms with van der Waals surface area (Å²) < 4.78 is 0. The zero-order valence-corrected chi connectivity index (χ0v) is 13.9. The third-order valence-electron chi connectivity index (χ3n) is 3.57. The summed E-state index contributed by atoms with van der Waals surface area (Å²) >= 11 is 0. The van der Waals surface area contributed by atoms with Crippen molar-refractivity contribution in [1.29, 1.82) is 0 Å². The molecule has 0 unspecified atom stereocenters. The van der Waals surface area contributed by atoms with E-state index in [1.165, 1.54) is 24.0 Å². The van der Waals surface area contributed by atoms with Gasteiger partial charge in [0.05, 0.1) is 0 Å². The minimum Gasteiger partial charge on any atom is -0.508 e. The Kier molecular flexibility index (Phi) is 6.50. The summed E-state index contributed by atoms with van der Waals surface area (Å²) in [5.41, 5.74) is 3.65. The van der Waals surface area contributed by atoms with Crippen molar-refractivity contribution >= 4 is 0 Å². The number of aromatic hydroxyl groups is 1. The van der Waals surface area contributed by atoms with E-state index in [4.69, 9.17) is 0 Å². The van der Waals surface area contributed by atoms with Gasteiger partial charge in [0.1, 0.15) is 5.75 Å². The van der Waals surface area contributed by atoms with Gasteiger partial charge in [-0.25, -0.2) is 0 Å². The summed E-state index contributed by atoms with van der Waals surface area (Å²) in [6, 6.07) is 4.16. The normalized spacial score (nSPS) is 13.2. The molecule has 0 amide bonds. The molecule has 1 N–H and O–H groups in total. The Morgan fingerprint density at radius 2 is 1.55 bits per heavy atom. The first kappa shape index (κ1) is 17.0. The van der Waals surface area contributed by atoms with E-state index in [-0.39, 0.29) is 0 Å². The fourth-order valence-corrected chi connectivity index (χ4v) is 2.69. The van der Waals surface area contributed by atoms with Crippen molar-refractivity contribution in [3.8, 4) is 5.75 Å². The summed E-state index contributed by atoms with van der Waals surface area (Å²) in [6.45, 7) is 6.16. The van der Waals surface area contributed by atoms with Crippen LogP contribution in [0.15, 0.2) is 12.1 Å². The molecule has 0 aliphatic rings. The van der Waals surface area contributed by atoms with Crippen LogP contribution in [0.25, 0.3) is 0 Å². The van der Waals surface area contributed by atoms with Crippen molar-refractivity contribution in [2.75, 3.05) is 28.2 Å². The van der Waals surface area contributed by atoms with Crippen LogP contribution in [0.5, 0.6) is 5.75 Å². The number of hydrogen-bond donors (Lipinski definition) is 1. The standard InChI is InChI=1S/C17H30N2O/c1-7-8-13(2)16-9-15(12-19(5)6)17(20)10-14(16)11-18(3)4/h9-10,13,20H,7-8,11-12H2,1-6H3/t13-/m0/s1. The molecule has 0 heterocycles. The van der Waals surface area contributed by atoms with Gasteiger partial charge >= 0.3 is 0 Å². The highest BCUT2D eigenvalue weighted by molar-refractivity contribution is 5.43. The molecule has 0 saturated heterocycles. The van der Waals surface area contributed by atoms with E-state index in [2.05, 4.69) is 43.8 Å². The molecule has 3 heteroatoms. The Hall–Kier alpha value is -1.06. The highest BCUT2D eigenvalue weighted by Crippen LogP contribution is 2.31. The maximum Gasteiger partial charge on any atom is 0.120 e. The first-order chi connectivity index (χ1) is 9.35. The predicted octanol–water partition coefficient (Wildman–Crippen LogP) is 3.42. The number of phenols is 1. The largest absolute Gasteiger partial charge is 0.508 e. The molecule has 0 fully saturated rings. The molecular formula is C17H30N2O. The second kappa shape index (κ2) is 7.65. The highest BCUT2D eigenvalue weighted by Gasteiger charge is 2.15. The van der Waals surface area contributed by atoms with Crippen LogP contribution >= 0.6 is 0 Å². The first-order valence-electron chi connectivity index (χ1n) is 7.49. The lowest BCUT2D eigenvalue weighted by Crippen LogP contribution is -2.15. The predicted molar refractivity (Wildman–Crippen MR) is 86.2 cm³/mol. The third kappa shape index (κ3) is 4.80. The second-order valence-electron chi connectivity index (χ2n) is 6.35. The molecule has 1 atom stereocenters. The number of phenolic OH excluding ortho intramolecular Hbond substituents is 1. The average molecular weight is 278 g/mol. The Bertz CT molecular complexity index is 427. The van der Waals surface area contributed by atoms with Crippen molar-refractivity contribution in [1.82, 2.24) is 9.80 Å². The zero-order chi connectivity index (χ0) is 15.3. The Labute approximate surface area is 124 Å². The average Bonchev–Trinajstić information content (AvgIpc) is 2.31. The molecule has 114 valence electrons. The summed E-state index contributed by atoms with van der Waals surface area (Å²) in [7, 11) is 8.20. The number of benzene rings is 1. The second-order valence-corrected chi connectivity index (χ2v) is 6.35. The number of rotatable bonds is 7. The van der Waals surface area contributed by atoms with Crippen LogP contribution in [0.4, 0.5) is 0 Å². The van der Waals surface area contributed by atoms with Gasteiger partial charge in [0, 0.05) is 18.7 Å². The Morgan fingerprint density at radius 3 is 2.05 bits per heavy atom. The van der Waals surface area contributed by atoms with E-state index in [1.807, 2.05) is 20.2 Å². The van der Waals surface area contributed by atoms with Gasteiger partial charge in [0.15, 0.2) is 0 Å². The van der Waals surface area contributed by atoms with E-state index in [0.717, 1.165) is 18.7 Å². The van der Waals surface area contributed by atoms with Crippen LogP contribution in [0, 0.1) is 0 Å². The summed E-state index contributed by atoms with van der Waals surface area (Å²) in [4.78, 5) is 4.25. The lowest BCUT2D eigenvalue weighted by Gasteiger charge is -2.22. The van der Waals surface area contributed by atoms with Gasteiger partial charge in [-0.3, -0.25) is 0 Å². The van der Waals surface area contributed by atoms with E-state index < -0.39 is 0 Å². The quantitative estimate of drug-likeness (QED) is 0.828. The molecule has 20 heavy (non-hydrogen) atoms. The fraction of sp³-hybridized carbons (Fsp3) is 0.647. The summed E-state index contributed by atoms with van der Waals surface area (Å²) in [5, 5.41) is 10.2. The van der Waals surface area contributed by atoms with Crippen LogP contribution in [-0.4, -0.2) is 43.1 Å². The van der Waals surface area contributed by atoms with Crippen molar-refractivity contribution in [2.45, 2.75) is 45.7 Å². The smallest absolute Gasteiger partial charge is 0.120 e. The van der Waals surface area contributed by atoms with E-state index in [9.17, 15) is 5.11 Å². The zero-order valence-electron chi connectivity index (χ0n) is 13.9. The topological polar surface area (TPSA) is 26.7 Å². The van der Waals surface area contributed by atoms with Crippen molar-refractivity contribution in [3.05, 3.63) is 28.8 Å². The highest BCUT2D eigenvalue weighted by atomic mass is 16.3. The van der Waals surface area contributed by atoms with Crippen LogP contribution in [-0.2, 0) is 13.1 Å². The van der Waals surface area contributed by atoms with Crippen LogP contribution in [0.2, 0.25) is 0 Å². The molecule has 0 aliphatic heterocycles. The van der Waals surface area contributed by atoms with Crippen LogP contribution < -0.4 is 0 Å². The molecule has 0 radical (unpaired) electrons. The minimum atomic E-state index is 0.419. The van der Waals surface area contributed by atoms with Gasteiger partial charge in [-0.2, -0.15) is 0 Å². The lowest BCUT2D eigenvalue weighted by atomic mass is 9.90. The molecule has 1 aromatic rings. The van der Waals surface area contributed by atoms with Crippen molar-refractivity contribution in [3.63, 3.8) is 0 Å². The summed E-state index contributed by atoms with van der Waals surface area (Å²) in [6.07, 6.45) is 2.37. The van der Waals surface area contributed by atoms with E-state index >= 15 is 0 Å². The van der Waals surface area contributed by atoms with Gasteiger partial charge in [-0.1, -0.05) is 26.3 Å².